The van der Waals surface area contributed by atoms with Crippen LogP contribution in [0.2, 0.25) is 0 Å². The second-order valence-electron chi connectivity index (χ2n) is 11.6. The van der Waals surface area contributed by atoms with Gasteiger partial charge in [-0.25, -0.2) is 0 Å². The molecule has 9 atom stereocenters. The number of hydrogen-bond acceptors (Lipinski definition) is 10. The molecule has 0 aromatic rings. The quantitative estimate of drug-likeness (QED) is 0.312. The van der Waals surface area contributed by atoms with E-state index in [1.807, 2.05) is 13.8 Å². The lowest BCUT2D eigenvalue weighted by atomic mass is 9.49. The van der Waals surface area contributed by atoms with Crippen LogP contribution in [0.25, 0.3) is 0 Å². The molecule has 2 N–H and O–H groups in total. The lowest BCUT2D eigenvalue weighted by Gasteiger charge is -2.60. The zero-order chi connectivity index (χ0) is 28.9. The Labute approximate surface area is 223 Å². The van der Waals surface area contributed by atoms with Crippen LogP contribution >= 0.6 is 0 Å². The summed E-state index contributed by atoms with van der Waals surface area (Å²) in [6.07, 6.45) is -6.24. The SMILES string of the molecule is C=C1[C@H]2C[C@@H]3[C@@H](O)[C@H](OC(C)=O)C(C)=C([C@@H](OC(C)=O)[C@H](OC(C)=O)[C@]2(C)[C@@H](OC(C)=O)C[C@@H]1O)C3(C)C. The molecule has 2 fully saturated rings. The minimum Gasteiger partial charge on any atom is -0.462 e. The van der Waals surface area contributed by atoms with Gasteiger partial charge in [-0.05, 0) is 47.3 Å². The highest BCUT2D eigenvalue weighted by molar-refractivity contribution is 5.69. The first-order chi connectivity index (χ1) is 17.4. The van der Waals surface area contributed by atoms with Crippen molar-refractivity contribution in [2.75, 3.05) is 0 Å². The summed E-state index contributed by atoms with van der Waals surface area (Å²) in [5.41, 5.74) is -0.574. The maximum atomic E-state index is 12.5. The third-order valence-electron chi connectivity index (χ3n) is 8.80. The van der Waals surface area contributed by atoms with Gasteiger partial charge in [0, 0.05) is 34.1 Å². The summed E-state index contributed by atoms with van der Waals surface area (Å²) in [6.45, 7) is 16.4. The Kier molecular flexibility index (Phi) is 8.20. The van der Waals surface area contributed by atoms with E-state index in [1.54, 1.807) is 13.8 Å². The minimum atomic E-state index is -1.21. The van der Waals surface area contributed by atoms with E-state index in [0.29, 0.717) is 16.7 Å². The lowest BCUT2D eigenvalue weighted by Crippen LogP contribution is -2.66. The molecular formula is C28H40O10. The second kappa shape index (κ2) is 10.4. The van der Waals surface area contributed by atoms with Crippen molar-refractivity contribution in [1.82, 2.24) is 0 Å². The molecule has 0 heterocycles. The number of rotatable bonds is 4. The average Bonchev–Trinajstić information content (AvgIpc) is 2.76. The number of aliphatic hydroxyl groups is 2. The molecule has 3 aliphatic rings. The van der Waals surface area contributed by atoms with E-state index >= 15 is 0 Å². The first-order valence-corrected chi connectivity index (χ1v) is 12.9. The van der Waals surface area contributed by atoms with Crippen LogP contribution in [0.5, 0.6) is 0 Å². The number of aliphatic hydroxyl groups excluding tert-OH is 2. The highest BCUT2D eigenvalue weighted by Crippen LogP contribution is 2.60. The summed E-state index contributed by atoms with van der Waals surface area (Å²) in [7, 11) is 0. The molecular weight excluding hydrogens is 496 g/mol. The van der Waals surface area contributed by atoms with Gasteiger partial charge in [0.15, 0.2) is 12.2 Å². The first kappa shape index (κ1) is 29.8. The van der Waals surface area contributed by atoms with E-state index in [2.05, 4.69) is 6.58 Å². The topological polar surface area (TPSA) is 146 Å². The van der Waals surface area contributed by atoms with E-state index in [-0.39, 0.29) is 12.8 Å². The van der Waals surface area contributed by atoms with Gasteiger partial charge < -0.3 is 29.2 Å². The molecule has 0 aromatic heterocycles. The fourth-order valence-electron chi connectivity index (χ4n) is 7.14. The Balaban J connectivity index is 2.42. The van der Waals surface area contributed by atoms with Crippen LogP contribution in [0, 0.1) is 22.7 Å². The van der Waals surface area contributed by atoms with Gasteiger partial charge in [-0.2, -0.15) is 0 Å². The zero-order valence-electron chi connectivity index (χ0n) is 23.4. The molecule has 2 bridgehead atoms. The molecule has 10 nitrogen and oxygen atoms in total. The Bertz CT molecular complexity index is 1060. The maximum absolute atomic E-state index is 12.5. The monoisotopic (exact) mass is 536 g/mol. The Morgan fingerprint density at radius 1 is 0.816 bits per heavy atom. The highest BCUT2D eigenvalue weighted by atomic mass is 16.6. The van der Waals surface area contributed by atoms with Crippen LogP contribution < -0.4 is 0 Å². The molecule has 3 rings (SSSR count). The summed E-state index contributed by atoms with van der Waals surface area (Å²) in [4.78, 5) is 49.3. The van der Waals surface area contributed by atoms with E-state index in [1.165, 1.54) is 27.7 Å². The summed E-state index contributed by atoms with van der Waals surface area (Å²) in [6, 6.07) is 0. The average molecular weight is 537 g/mol. The number of ether oxygens (including phenoxy) is 4. The van der Waals surface area contributed by atoms with Crippen molar-refractivity contribution < 1.29 is 48.3 Å². The van der Waals surface area contributed by atoms with Crippen molar-refractivity contribution in [2.24, 2.45) is 22.7 Å². The predicted molar refractivity (Wildman–Crippen MR) is 134 cm³/mol. The van der Waals surface area contributed by atoms with Gasteiger partial charge in [0.1, 0.15) is 12.2 Å². The molecule has 38 heavy (non-hydrogen) atoms. The molecule has 0 aromatic carbocycles. The molecule has 0 aliphatic heterocycles. The Morgan fingerprint density at radius 2 is 1.32 bits per heavy atom. The standard InChI is InChI=1S/C28H40O10/c1-12-18-10-19-23(34)24(36-15(4)30)13(2)22(27(19,7)8)25(37-16(5)31)26(38-17(6)32)28(18,9)21(11-20(12)33)35-14(3)29/h18-21,23-26,33-34H,1,10-11H2,2-9H3/t18-,19-,20+,21+,23-,24-,25-,26+,28+/m1/s1. The van der Waals surface area contributed by atoms with Crippen molar-refractivity contribution in [3.8, 4) is 0 Å². The van der Waals surface area contributed by atoms with Gasteiger partial charge in [-0.3, -0.25) is 19.2 Å². The molecule has 2 saturated carbocycles. The van der Waals surface area contributed by atoms with Gasteiger partial charge in [-0.15, -0.1) is 0 Å². The minimum absolute atomic E-state index is 0.000680. The van der Waals surface area contributed by atoms with E-state index in [4.69, 9.17) is 18.9 Å². The molecule has 0 saturated heterocycles. The fraction of sp³-hybridized carbons (Fsp3) is 0.714. The van der Waals surface area contributed by atoms with Gasteiger partial charge in [0.2, 0.25) is 0 Å². The van der Waals surface area contributed by atoms with Crippen molar-refractivity contribution in [2.45, 2.75) is 105 Å². The van der Waals surface area contributed by atoms with Gasteiger partial charge in [-0.1, -0.05) is 27.4 Å². The highest BCUT2D eigenvalue weighted by Gasteiger charge is 2.65. The van der Waals surface area contributed by atoms with Crippen molar-refractivity contribution in [1.29, 1.82) is 0 Å². The van der Waals surface area contributed by atoms with Crippen LogP contribution in [0.3, 0.4) is 0 Å². The summed E-state index contributed by atoms with van der Waals surface area (Å²) >= 11 is 0. The third kappa shape index (κ3) is 5.00. The maximum Gasteiger partial charge on any atom is 0.303 e. The number of esters is 4. The third-order valence-corrected chi connectivity index (χ3v) is 8.80. The Hall–Kier alpha value is -2.72. The molecule has 0 unspecified atom stereocenters. The normalized spacial score (nSPS) is 38.2. The number of hydrogen-bond donors (Lipinski definition) is 2. The molecule has 3 aliphatic carbocycles. The Morgan fingerprint density at radius 3 is 1.82 bits per heavy atom. The van der Waals surface area contributed by atoms with E-state index in [9.17, 15) is 29.4 Å². The molecule has 10 heteroatoms. The lowest BCUT2D eigenvalue weighted by molar-refractivity contribution is -0.214. The smallest absolute Gasteiger partial charge is 0.303 e. The van der Waals surface area contributed by atoms with E-state index < -0.39 is 83.2 Å². The zero-order valence-corrected chi connectivity index (χ0v) is 23.4. The summed E-state index contributed by atoms with van der Waals surface area (Å²) in [5.74, 6) is -3.68. The first-order valence-electron chi connectivity index (χ1n) is 12.9. The van der Waals surface area contributed by atoms with Gasteiger partial charge in [0.05, 0.1) is 17.6 Å². The molecule has 0 radical (unpaired) electrons. The second-order valence-corrected chi connectivity index (χ2v) is 11.6. The van der Waals surface area contributed by atoms with Crippen LogP contribution in [0.15, 0.2) is 23.3 Å². The van der Waals surface area contributed by atoms with Crippen molar-refractivity contribution >= 4 is 23.9 Å². The number of carbonyl (C=O) groups is 4. The largest absolute Gasteiger partial charge is 0.462 e. The summed E-state index contributed by atoms with van der Waals surface area (Å²) < 4.78 is 23.2. The predicted octanol–water partition coefficient (Wildman–Crippen LogP) is 2.39. The van der Waals surface area contributed by atoms with Crippen LogP contribution in [0.4, 0.5) is 0 Å². The van der Waals surface area contributed by atoms with Gasteiger partial charge >= 0.3 is 23.9 Å². The molecule has 212 valence electrons. The van der Waals surface area contributed by atoms with Crippen LogP contribution in [-0.4, -0.2) is 70.7 Å². The molecule has 0 amide bonds. The van der Waals surface area contributed by atoms with Crippen LogP contribution in [-0.2, 0) is 38.1 Å². The molecule has 0 spiro atoms. The number of fused-ring (bicyclic) bond motifs is 3. The summed E-state index contributed by atoms with van der Waals surface area (Å²) in [5, 5.41) is 22.6. The van der Waals surface area contributed by atoms with Gasteiger partial charge in [0.25, 0.3) is 0 Å². The van der Waals surface area contributed by atoms with Crippen LogP contribution in [0.1, 0.15) is 68.2 Å². The van der Waals surface area contributed by atoms with Crippen molar-refractivity contribution in [3.05, 3.63) is 23.3 Å². The fourth-order valence-corrected chi connectivity index (χ4v) is 7.14. The van der Waals surface area contributed by atoms with Crippen molar-refractivity contribution in [3.63, 3.8) is 0 Å². The van der Waals surface area contributed by atoms with E-state index in [0.717, 1.165) is 0 Å². The number of carbonyl (C=O) groups excluding carboxylic acids is 4.